The Hall–Kier alpha value is -7.51. The standard InChI is InChI=1S/C61H74N10O9S2/c1-5-40-22-24-42(25-23-40)36-64-57(76)50-33-44(73)37-71(50)59(78)55(61(3,4)29-31-72)67-53(74)21-10-7-13-32-82(79,80)69-58(77)54-45(47(34-62)39(2)63-35-41-15-8-6-9-16-41)26-27-52(66-54)70-30-28-43-17-14-18-46(48(43)38-70)56(75)68-60-65-49-19-11-12-20-51(49)81-60/h1,11-12,14,17-20,22-27,34,41,44,50,55,72-73H,6-10,13,15-16,21,28-33,35-38,62H2,2-4H3,(H,64,76)(H,67,74)(H,69,77)(H,65,68,75)/b47-34+,63-39?/t44-,50+,55+/m1/s1. The zero-order valence-electron chi connectivity index (χ0n) is 46.8. The van der Waals surface area contributed by atoms with Gasteiger partial charge in [-0.05, 0) is 116 Å². The lowest BCUT2D eigenvalue weighted by Gasteiger charge is -2.37. The Morgan fingerprint density at radius 1 is 0.951 bits per heavy atom. The number of rotatable bonds is 23. The van der Waals surface area contributed by atoms with Gasteiger partial charge in [0, 0.05) is 86.3 Å². The predicted octanol–water partition coefficient (Wildman–Crippen LogP) is 6.62. The van der Waals surface area contributed by atoms with Gasteiger partial charge in [0.2, 0.25) is 27.7 Å². The number of pyridine rings is 1. The molecule has 3 aliphatic rings. The maximum absolute atomic E-state index is 14.4. The highest BCUT2D eigenvalue weighted by Gasteiger charge is 2.45. The van der Waals surface area contributed by atoms with E-state index in [-0.39, 0.29) is 76.4 Å². The first-order valence-corrected chi connectivity index (χ1v) is 30.6. The van der Waals surface area contributed by atoms with Gasteiger partial charge in [-0.15, -0.1) is 6.42 Å². The number of nitrogens with two attached hydrogens (primary N) is 1. The Kier molecular flexibility index (Phi) is 20.3. The van der Waals surface area contributed by atoms with Crippen molar-refractivity contribution in [2.75, 3.05) is 42.2 Å². The fourth-order valence-electron chi connectivity index (χ4n) is 11.0. The number of thiazole rings is 1. The first kappa shape index (κ1) is 60.6. The first-order chi connectivity index (χ1) is 39.4. The second-order valence-electron chi connectivity index (χ2n) is 22.1. The van der Waals surface area contributed by atoms with Crippen molar-refractivity contribution in [3.8, 4) is 12.3 Å². The van der Waals surface area contributed by atoms with Crippen LogP contribution in [0.5, 0.6) is 0 Å². The smallest absolute Gasteiger partial charge is 0.284 e. The number of aliphatic hydroxyl groups excluding tert-OH is 2. The van der Waals surface area contributed by atoms with E-state index in [1.807, 2.05) is 48.2 Å². The van der Waals surface area contributed by atoms with Crippen LogP contribution >= 0.6 is 11.3 Å². The second-order valence-corrected chi connectivity index (χ2v) is 25.0. The number of allylic oxidation sites excluding steroid dienone is 1. The van der Waals surface area contributed by atoms with Gasteiger partial charge in [-0.2, -0.15) is 0 Å². The molecular formula is C61H74N10O9S2. The van der Waals surface area contributed by atoms with Crippen molar-refractivity contribution in [3.63, 3.8) is 0 Å². The number of aliphatic hydroxyl groups is 2. The average Bonchev–Trinajstić information content (AvgIpc) is 4.18. The first-order valence-electron chi connectivity index (χ1n) is 28.1. The summed E-state index contributed by atoms with van der Waals surface area (Å²) in [4.78, 5) is 87.2. The molecular weight excluding hydrogens is 1080 g/mol. The number of β-amino-alcohol motifs (C(OH)–C–C–N with tert-alkyl or cyclic N) is 1. The van der Waals surface area contributed by atoms with Crippen LogP contribution in [0, 0.1) is 23.7 Å². The summed E-state index contributed by atoms with van der Waals surface area (Å²) in [7, 11) is -4.27. The van der Waals surface area contributed by atoms with Crippen LogP contribution in [-0.2, 0) is 43.9 Å². The van der Waals surface area contributed by atoms with E-state index in [2.05, 4.69) is 31.6 Å². The fourth-order valence-corrected chi connectivity index (χ4v) is 12.9. The maximum atomic E-state index is 14.4. The minimum Gasteiger partial charge on any atom is -0.404 e. The highest BCUT2D eigenvalue weighted by Crippen LogP contribution is 2.33. The summed E-state index contributed by atoms with van der Waals surface area (Å²) >= 11 is 1.38. The number of sulfonamides is 1. The van der Waals surface area contributed by atoms with Crippen molar-refractivity contribution in [2.24, 2.45) is 22.1 Å². The third-order valence-electron chi connectivity index (χ3n) is 15.7. The number of hydrogen-bond donors (Lipinski definition) is 7. The van der Waals surface area contributed by atoms with Crippen molar-refractivity contribution in [2.45, 2.75) is 129 Å². The molecule has 8 rings (SSSR count). The fraction of sp³-hybridized carbons (Fsp3) is 0.443. The molecule has 82 heavy (non-hydrogen) atoms. The molecule has 2 aromatic heterocycles. The van der Waals surface area contributed by atoms with Crippen LogP contribution in [-0.4, -0.2) is 119 Å². The topological polar surface area (TPSA) is 279 Å². The Morgan fingerprint density at radius 3 is 2.45 bits per heavy atom. The largest absolute Gasteiger partial charge is 0.404 e. The van der Waals surface area contributed by atoms with E-state index in [4.69, 9.17) is 22.1 Å². The quantitative estimate of drug-likeness (QED) is 0.0206. The number of aliphatic imine (C=N–C) groups is 1. The molecule has 0 unspecified atom stereocenters. The van der Waals surface area contributed by atoms with Crippen molar-refractivity contribution in [1.29, 1.82) is 0 Å². The van der Waals surface area contributed by atoms with Crippen molar-refractivity contribution in [3.05, 3.63) is 124 Å². The third-order valence-corrected chi connectivity index (χ3v) is 18.0. The van der Waals surface area contributed by atoms with Crippen molar-refractivity contribution < 1.29 is 42.6 Å². The number of fused-ring (bicyclic) bond motifs is 2. The molecule has 2 fully saturated rings. The number of likely N-dealkylation sites (tertiary alicyclic amines) is 1. The second kappa shape index (κ2) is 27.5. The van der Waals surface area contributed by atoms with E-state index >= 15 is 0 Å². The molecule has 1 saturated heterocycles. The lowest BCUT2D eigenvalue weighted by Crippen LogP contribution is -2.58. The third kappa shape index (κ3) is 15.3. The van der Waals surface area contributed by atoms with Crippen molar-refractivity contribution in [1.82, 2.24) is 30.2 Å². The molecule has 1 saturated carbocycles. The lowest BCUT2D eigenvalue weighted by molar-refractivity contribution is -0.144. The van der Waals surface area contributed by atoms with E-state index in [0.717, 1.165) is 52.6 Å². The molecule has 434 valence electrons. The molecule has 4 heterocycles. The Labute approximate surface area is 483 Å². The zero-order chi connectivity index (χ0) is 58.6. The van der Waals surface area contributed by atoms with Gasteiger partial charge < -0.3 is 36.4 Å². The van der Waals surface area contributed by atoms with E-state index in [1.165, 1.54) is 28.9 Å². The summed E-state index contributed by atoms with van der Waals surface area (Å²) in [5.41, 5.74) is 10.9. The molecule has 0 bridgehead atoms. The summed E-state index contributed by atoms with van der Waals surface area (Å²) in [6.45, 7) is 6.35. The van der Waals surface area contributed by atoms with E-state index in [0.29, 0.717) is 64.4 Å². The van der Waals surface area contributed by atoms with E-state index < -0.39 is 63.0 Å². The van der Waals surface area contributed by atoms with Gasteiger partial charge in [-0.1, -0.05) is 93.2 Å². The van der Waals surface area contributed by atoms with Crippen LogP contribution in [0.25, 0.3) is 15.8 Å². The molecule has 2 aliphatic heterocycles. The minimum atomic E-state index is -4.27. The van der Waals surface area contributed by atoms with Crippen LogP contribution < -0.4 is 31.3 Å². The molecule has 0 spiro atoms. The number of para-hydroxylation sites is 1. The number of carbonyl (C=O) groups excluding carboxylic acids is 5. The summed E-state index contributed by atoms with van der Waals surface area (Å²) in [6.07, 6.45) is 12.7. The number of aromatic nitrogens is 2. The van der Waals surface area contributed by atoms with E-state index in [1.54, 1.807) is 56.3 Å². The Bertz CT molecular complexity index is 3330. The normalized spacial score (nSPS) is 17.4. The molecule has 19 nitrogen and oxygen atoms in total. The number of nitrogens with zero attached hydrogens (tertiary/aromatic N) is 5. The molecule has 5 amide bonds. The van der Waals surface area contributed by atoms with Gasteiger partial charge in [0.1, 0.15) is 23.6 Å². The highest BCUT2D eigenvalue weighted by molar-refractivity contribution is 7.90. The molecule has 8 N–H and O–H groups in total. The number of unbranched alkanes of at least 4 members (excludes halogenated alkanes) is 2. The van der Waals surface area contributed by atoms with Gasteiger partial charge in [0.05, 0.1) is 22.1 Å². The molecule has 1 aliphatic carbocycles. The number of carbonyl (C=O) groups is 5. The van der Waals surface area contributed by atoms with Gasteiger partial charge >= 0.3 is 0 Å². The molecule has 3 aromatic carbocycles. The minimum absolute atomic E-state index is 0.00609. The van der Waals surface area contributed by atoms with Gasteiger partial charge in [-0.25, -0.2) is 23.1 Å². The Morgan fingerprint density at radius 2 is 1.72 bits per heavy atom. The van der Waals surface area contributed by atoms with Gasteiger partial charge in [0.25, 0.3) is 11.8 Å². The van der Waals surface area contributed by atoms with Crippen LogP contribution in [0.3, 0.4) is 0 Å². The zero-order valence-corrected chi connectivity index (χ0v) is 48.4. The summed E-state index contributed by atoms with van der Waals surface area (Å²) in [6, 6.07) is 21.6. The van der Waals surface area contributed by atoms with Crippen LogP contribution in [0.4, 0.5) is 10.9 Å². The SMILES string of the molecule is C#Cc1ccc(CNC(=O)[C@@H]2C[C@@H](O)CN2C(=O)[C@H](NC(=O)CCCCCS(=O)(=O)NC(=O)c2nc(N3CCc4cccc(C(=O)Nc5nc6ccccc6s5)c4C3)ccc2/C(=C/N)C(C)=NCC2CCCCC2)C(C)(C)CCO)cc1. The molecule has 21 heteroatoms. The monoisotopic (exact) mass is 1150 g/mol. The van der Waals surface area contributed by atoms with E-state index in [9.17, 15) is 42.6 Å². The van der Waals surface area contributed by atoms with Crippen molar-refractivity contribution >= 4 is 83.3 Å². The maximum Gasteiger partial charge on any atom is 0.284 e. The number of benzene rings is 3. The number of nitrogens with one attached hydrogen (secondary N) is 4. The number of hydrogen-bond acceptors (Lipinski definition) is 15. The van der Waals surface area contributed by atoms with Gasteiger partial charge in [-0.3, -0.25) is 34.3 Å². The number of amides is 5. The molecule has 5 aromatic rings. The molecule has 0 radical (unpaired) electrons. The predicted molar refractivity (Wildman–Crippen MR) is 319 cm³/mol. The number of anilines is 2. The highest BCUT2D eigenvalue weighted by atomic mass is 32.2. The molecule has 3 atom stereocenters. The Balaban J connectivity index is 0.919. The average molecular weight is 1160 g/mol. The van der Waals surface area contributed by atoms with Gasteiger partial charge in [0.15, 0.2) is 5.13 Å². The lowest BCUT2D eigenvalue weighted by atomic mass is 9.80. The van der Waals surface area contributed by atoms with Crippen LogP contribution in [0.15, 0.2) is 90.1 Å². The van der Waals surface area contributed by atoms with Crippen LogP contribution in [0.1, 0.15) is 140 Å². The van der Waals surface area contributed by atoms with Crippen LogP contribution in [0.2, 0.25) is 0 Å². The summed E-state index contributed by atoms with van der Waals surface area (Å²) < 4.78 is 30.7. The number of terminal acetylenes is 1. The summed E-state index contributed by atoms with van der Waals surface area (Å²) in [5, 5.41) is 29.7. The summed E-state index contributed by atoms with van der Waals surface area (Å²) in [5.74, 6) is 0.0573.